The number of hydrogen-bond acceptors (Lipinski definition) is 10. The number of carbonyl (C=O) groups excluding carboxylic acids is 2. The molecule has 1 aliphatic rings. The van der Waals surface area contributed by atoms with Crippen molar-refractivity contribution >= 4 is 11.9 Å². The summed E-state index contributed by atoms with van der Waals surface area (Å²) in [5, 5.41) is 56.9. The maximum absolute atomic E-state index is 13.4. The molecule has 0 bridgehead atoms. The second-order valence-electron chi connectivity index (χ2n) is 21.4. The largest absolute Gasteiger partial charge is 0.454 e. The van der Waals surface area contributed by atoms with Crippen LogP contribution in [0.1, 0.15) is 258 Å². The van der Waals surface area contributed by atoms with Crippen LogP contribution in [0, 0.1) is 0 Å². The zero-order valence-corrected chi connectivity index (χ0v) is 49.1. The van der Waals surface area contributed by atoms with Crippen LogP contribution < -0.4 is 5.32 Å². The molecule has 1 heterocycles. The van der Waals surface area contributed by atoms with Gasteiger partial charge in [0, 0.05) is 6.42 Å². The first-order chi connectivity index (χ1) is 37.7. The SMILES string of the molecule is CCCCC/C=C\C/C=C\C/C=C\C/C=C\CCCCCCCCCCC(O)C(=O)NC(COC1OC(CO)C(O)C(O)C1OC(=O)CC/C=C/C/C=C\CCCCCCCC)C(O)/C=C/CCCCCCCCCCC. The fraction of sp³-hybridized carbons (Fsp3) is 0.758. The standard InChI is InChI=1S/C66H115NO10/c1-4-7-10-13-16-19-22-24-25-26-27-28-29-30-31-32-33-34-36-38-41-44-47-50-53-59(70)65(74)67-57(58(69)52-49-46-43-40-37-21-18-15-12-9-6-3)56-75-66-64(63(73)62(72)60(55-68)76-66)77-61(71)54-51-48-45-42-39-35-23-20-17-14-11-8-5-2/h16,19,24-25,27-28,30-31,35,39,45,48-49,52,57-60,62-64,66,68-70,72-73H,4-15,17-18,20-23,26,29,32-34,36-38,40-44,46-47,50-51,53-56H2,1-3H3,(H,67,74)/b19-16-,25-24-,28-27-,31-30-,39-35-,48-45+,52-49+. The van der Waals surface area contributed by atoms with Crippen LogP contribution in [0.15, 0.2) is 85.1 Å². The van der Waals surface area contributed by atoms with Gasteiger partial charge in [-0.25, -0.2) is 0 Å². The molecule has 0 aromatic carbocycles. The van der Waals surface area contributed by atoms with Crippen molar-refractivity contribution in [2.75, 3.05) is 13.2 Å². The Morgan fingerprint density at radius 2 is 0.896 bits per heavy atom. The van der Waals surface area contributed by atoms with Gasteiger partial charge in [0.05, 0.1) is 25.4 Å². The lowest BCUT2D eigenvalue weighted by Gasteiger charge is -2.41. The lowest BCUT2D eigenvalue weighted by Crippen LogP contribution is -2.61. The van der Waals surface area contributed by atoms with Crippen LogP contribution in [0.25, 0.3) is 0 Å². The van der Waals surface area contributed by atoms with Crippen molar-refractivity contribution in [3.63, 3.8) is 0 Å². The van der Waals surface area contributed by atoms with E-state index in [1.807, 2.05) is 18.2 Å². The lowest BCUT2D eigenvalue weighted by molar-refractivity contribution is -0.305. The molecule has 0 aromatic heterocycles. The molecule has 444 valence electrons. The number of aliphatic hydroxyl groups is 5. The first kappa shape index (κ1) is 71.9. The predicted octanol–water partition coefficient (Wildman–Crippen LogP) is 14.9. The molecular formula is C66H115NO10. The second kappa shape index (κ2) is 53.5. The van der Waals surface area contributed by atoms with Gasteiger partial charge in [0.25, 0.3) is 0 Å². The van der Waals surface area contributed by atoms with E-state index < -0.39 is 67.4 Å². The van der Waals surface area contributed by atoms with Crippen LogP contribution in [-0.4, -0.2) is 99.6 Å². The number of hydrogen-bond donors (Lipinski definition) is 6. The molecule has 11 nitrogen and oxygen atoms in total. The van der Waals surface area contributed by atoms with E-state index in [4.69, 9.17) is 14.2 Å². The normalized spacial score (nSPS) is 19.6. The monoisotopic (exact) mass is 1080 g/mol. The van der Waals surface area contributed by atoms with Crippen molar-refractivity contribution in [3.05, 3.63) is 85.1 Å². The smallest absolute Gasteiger partial charge is 0.306 e. The summed E-state index contributed by atoms with van der Waals surface area (Å²) >= 11 is 0. The zero-order chi connectivity index (χ0) is 56.1. The van der Waals surface area contributed by atoms with Gasteiger partial charge in [-0.1, -0.05) is 247 Å². The number of nitrogens with one attached hydrogen (secondary N) is 1. The Morgan fingerprint density at radius 1 is 0.506 bits per heavy atom. The van der Waals surface area contributed by atoms with E-state index in [0.29, 0.717) is 12.8 Å². The van der Waals surface area contributed by atoms with Crippen LogP contribution in [0.2, 0.25) is 0 Å². The molecule has 0 aromatic rings. The molecule has 1 amide bonds. The highest BCUT2D eigenvalue weighted by Gasteiger charge is 2.47. The summed E-state index contributed by atoms with van der Waals surface area (Å²) in [6, 6.07) is -1.04. The minimum absolute atomic E-state index is 0.0142. The van der Waals surface area contributed by atoms with Gasteiger partial charge in [0.1, 0.15) is 24.4 Å². The maximum Gasteiger partial charge on any atom is 0.306 e. The molecule has 11 heteroatoms. The topological polar surface area (TPSA) is 175 Å². The molecule has 0 spiro atoms. The van der Waals surface area contributed by atoms with Gasteiger partial charge in [-0.2, -0.15) is 0 Å². The fourth-order valence-electron chi connectivity index (χ4n) is 9.28. The van der Waals surface area contributed by atoms with Gasteiger partial charge in [-0.3, -0.25) is 9.59 Å². The highest BCUT2D eigenvalue weighted by Crippen LogP contribution is 2.26. The number of carbonyl (C=O) groups is 2. The average molecular weight is 1080 g/mol. The fourth-order valence-corrected chi connectivity index (χ4v) is 9.28. The van der Waals surface area contributed by atoms with Crippen LogP contribution >= 0.6 is 0 Å². The number of ether oxygens (including phenoxy) is 3. The van der Waals surface area contributed by atoms with Gasteiger partial charge in [-0.05, 0) is 89.9 Å². The average Bonchev–Trinajstić information content (AvgIpc) is 3.44. The molecule has 0 radical (unpaired) electrons. The van der Waals surface area contributed by atoms with Crippen molar-refractivity contribution in [2.24, 2.45) is 0 Å². The van der Waals surface area contributed by atoms with Gasteiger partial charge < -0.3 is 45.1 Å². The molecule has 8 unspecified atom stereocenters. The molecule has 1 saturated heterocycles. The maximum atomic E-state index is 13.4. The first-order valence-electron chi connectivity index (χ1n) is 31.4. The number of amides is 1. The van der Waals surface area contributed by atoms with Crippen LogP contribution in [0.3, 0.4) is 0 Å². The van der Waals surface area contributed by atoms with Crippen molar-refractivity contribution in [1.29, 1.82) is 0 Å². The molecule has 1 aliphatic heterocycles. The van der Waals surface area contributed by atoms with E-state index in [2.05, 4.69) is 86.8 Å². The van der Waals surface area contributed by atoms with Crippen LogP contribution in [-0.2, 0) is 23.8 Å². The van der Waals surface area contributed by atoms with Gasteiger partial charge in [0.2, 0.25) is 5.91 Å². The molecule has 77 heavy (non-hydrogen) atoms. The molecule has 1 fully saturated rings. The minimum atomic E-state index is -1.64. The second-order valence-corrected chi connectivity index (χ2v) is 21.4. The van der Waals surface area contributed by atoms with E-state index in [9.17, 15) is 35.1 Å². The Balaban J connectivity index is 2.65. The van der Waals surface area contributed by atoms with Gasteiger partial charge in [-0.15, -0.1) is 0 Å². The van der Waals surface area contributed by atoms with E-state index in [-0.39, 0.29) is 19.4 Å². The molecule has 0 aliphatic carbocycles. The number of aliphatic hydroxyl groups excluding tert-OH is 5. The van der Waals surface area contributed by atoms with Crippen LogP contribution in [0.4, 0.5) is 0 Å². The van der Waals surface area contributed by atoms with E-state index >= 15 is 0 Å². The summed E-state index contributed by atoms with van der Waals surface area (Å²) in [6.07, 6.45) is 59.3. The highest BCUT2D eigenvalue weighted by atomic mass is 16.7. The van der Waals surface area contributed by atoms with Crippen LogP contribution in [0.5, 0.6) is 0 Å². The summed E-state index contributed by atoms with van der Waals surface area (Å²) in [5.74, 6) is -1.28. The molecule has 8 atom stereocenters. The Bertz CT molecular complexity index is 1570. The minimum Gasteiger partial charge on any atom is -0.454 e. The Morgan fingerprint density at radius 3 is 1.36 bits per heavy atom. The molecular weight excluding hydrogens is 967 g/mol. The van der Waals surface area contributed by atoms with Crippen molar-refractivity contribution < 1.29 is 49.3 Å². The molecule has 6 N–H and O–H groups in total. The van der Waals surface area contributed by atoms with Crippen molar-refractivity contribution in [3.8, 4) is 0 Å². The predicted molar refractivity (Wildman–Crippen MR) is 319 cm³/mol. The third-order valence-electron chi connectivity index (χ3n) is 14.3. The summed E-state index contributed by atoms with van der Waals surface area (Å²) in [6.45, 7) is 5.70. The highest BCUT2D eigenvalue weighted by molar-refractivity contribution is 5.80. The Kier molecular flexibility index (Phi) is 49.9. The van der Waals surface area contributed by atoms with E-state index in [0.717, 1.165) is 83.5 Å². The van der Waals surface area contributed by atoms with Gasteiger partial charge in [0.15, 0.2) is 12.4 Å². The summed E-state index contributed by atoms with van der Waals surface area (Å²) in [4.78, 5) is 26.5. The number of allylic oxidation sites excluding steroid dienone is 13. The summed E-state index contributed by atoms with van der Waals surface area (Å²) in [5.41, 5.74) is 0. The number of esters is 1. The Labute approximate surface area is 470 Å². The molecule has 1 rings (SSSR count). The number of unbranched alkanes of at least 4 members (excludes halogenated alkanes) is 26. The van der Waals surface area contributed by atoms with E-state index in [1.165, 1.54) is 128 Å². The van der Waals surface area contributed by atoms with Crippen molar-refractivity contribution in [1.82, 2.24) is 5.32 Å². The van der Waals surface area contributed by atoms with Gasteiger partial charge >= 0.3 is 5.97 Å². The third-order valence-corrected chi connectivity index (χ3v) is 14.3. The summed E-state index contributed by atoms with van der Waals surface area (Å²) < 4.78 is 17.5. The zero-order valence-electron chi connectivity index (χ0n) is 49.1. The quantitative estimate of drug-likeness (QED) is 0.0195. The van der Waals surface area contributed by atoms with E-state index in [1.54, 1.807) is 6.08 Å². The first-order valence-corrected chi connectivity index (χ1v) is 31.4. The third kappa shape index (κ3) is 41.5. The lowest BCUT2D eigenvalue weighted by atomic mass is 9.99. The molecule has 0 saturated carbocycles. The van der Waals surface area contributed by atoms with Crippen molar-refractivity contribution in [2.45, 2.75) is 307 Å². The Hall–Kier alpha value is -3.16. The summed E-state index contributed by atoms with van der Waals surface area (Å²) in [7, 11) is 0. The number of rotatable bonds is 52.